The fourth-order valence-corrected chi connectivity index (χ4v) is 3.94. The maximum atomic E-state index is 11.9. The Kier molecular flexibility index (Phi) is 3.15. The Morgan fingerprint density at radius 2 is 2.06 bits per heavy atom. The van der Waals surface area contributed by atoms with Gasteiger partial charge in [0.25, 0.3) is 0 Å². The van der Waals surface area contributed by atoms with E-state index < -0.39 is 14.0 Å². The van der Waals surface area contributed by atoms with Crippen LogP contribution in [0.2, 0.25) is 18.1 Å². The highest BCUT2D eigenvalue weighted by molar-refractivity contribution is 6.74. The van der Waals surface area contributed by atoms with E-state index in [0.29, 0.717) is 19.4 Å². The molecule has 2 saturated heterocycles. The number of aliphatic hydroxyl groups is 1. The Morgan fingerprint density at radius 3 is 2.61 bits per heavy atom. The van der Waals surface area contributed by atoms with Gasteiger partial charge >= 0.3 is 0 Å². The lowest BCUT2D eigenvalue weighted by atomic mass is 10.1. The summed E-state index contributed by atoms with van der Waals surface area (Å²) in [6.45, 7) is 11.5. The average Bonchev–Trinajstić information content (AvgIpc) is 2.66. The molecule has 2 fully saturated rings. The molecule has 0 saturated carbocycles. The zero-order valence-electron chi connectivity index (χ0n) is 12.1. The minimum atomic E-state index is -1.95. The van der Waals surface area contributed by atoms with Crippen LogP contribution in [-0.2, 0) is 9.22 Å². The number of fused-ring (bicyclic) bond motifs is 1. The molecule has 0 unspecified atom stereocenters. The van der Waals surface area contributed by atoms with Crippen LogP contribution in [0.15, 0.2) is 0 Å². The average molecular weight is 271 g/mol. The largest absolute Gasteiger partial charge is 0.408 e. The minimum Gasteiger partial charge on any atom is -0.408 e. The SMILES string of the molecule is CC(C)(C)[Si](C)(C)O[C@H]1CC(=O)N2CCC[C@]12O. The molecule has 5 heteroatoms. The summed E-state index contributed by atoms with van der Waals surface area (Å²) < 4.78 is 6.28. The summed E-state index contributed by atoms with van der Waals surface area (Å²) in [6, 6.07) is 0. The van der Waals surface area contributed by atoms with Crippen molar-refractivity contribution >= 4 is 14.2 Å². The molecule has 0 spiro atoms. The lowest BCUT2D eigenvalue weighted by Crippen LogP contribution is -2.53. The van der Waals surface area contributed by atoms with E-state index in [9.17, 15) is 9.90 Å². The first-order valence-corrected chi connectivity index (χ1v) is 9.69. The van der Waals surface area contributed by atoms with E-state index in [0.717, 1.165) is 6.42 Å². The van der Waals surface area contributed by atoms with Gasteiger partial charge in [0.15, 0.2) is 14.0 Å². The smallest absolute Gasteiger partial charge is 0.227 e. The van der Waals surface area contributed by atoms with Crippen LogP contribution in [0.4, 0.5) is 0 Å². The van der Waals surface area contributed by atoms with E-state index in [4.69, 9.17) is 4.43 Å². The summed E-state index contributed by atoms with van der Waals surface area (Å²) in [7, 11) is -1.95. The van der Waals surface area contributed by atoms with Crippen LogP contribution >= 0.6 is 0 Å². The lowest BCUT2D eigenvalue weighted by Gasteiger charge is -2.41. The summed E-state index contributed by atoms with van der Waals surface area (Å²) in [4.78, 5) is 13.5. The minimum absolute atomic E-state index is 0.0405. The van der Waals surface area contributed by atoms with E-state index in [2.05, 4.69) is 33.9 Å². The first kappa shape index (κ1) is 14.0. The third kappa shape index (κ3) is 2.02. The summed E-state index contributed by atoms with van der Waals surface area (Å²) in [5.74, 6) is 0.0405. The van der Waals surface area contributed by atoms with Gasteiger partial charge in [-0.15, -0.1) is 0 Å². The third-order valence-electron chi connectivity index (χ3n) is 4.81. The molecule has 4 nitrogen and oxygen atoms in total. The monoisotopic (exact) mass is 271 g/mol. The zero-order chi connectivity index (χ0) is 13.8. The van der Waals surface area contributed by atoms with Crippen LogP contribution in [-0.4, -0.2) is 42.6 Å². The van der Waals surface area contributed by atoms with Crippen molar-refractivity contribution in [2.75, 3.05) is 6.54 Å². The topological polar surface area (TPSA) is 49.8 Å². The van der Waals surface area contributed by atoms with E-state index in [1.165, 1.54) is 0 Å². The summed E-state index contributed by atoms with van der Waals surface area (Å²) in [5.41, 5.74) is -1.04. The molecule has 0 aliphatic carbocycles. The fourth-order valence-electron chi connectivity index (χ4n) is 2.60. The van der Waals surface area contributed by atoms with Crippen LogP contribution < -0.4 is 0 Å². The first-order chi connectivity index (χ1) is 8.08. The van der Waals surface area contributed by atoms with Gasteiger partial charge in [-0.3, -0.25) is 4.79 Å². The molecule has 2 atom stereocenters. The Labute approximate surface area is 110 Å². The molecule has 1 N–H and O–H groups in total. The number of carbonyl (C=O) groups is 1. The molecule has 0 aromatic heterocycles. The van der Waals surface area contributed by atoms with Gasteiger partial charge in [-0.2, -0.15) is 0 Å². The van der Waals surface area contributed by atoms with E-state index in [1.54, 1.807) is 4.90 Å². The third-order valence-corrected chi connectivity index (χ3v) is 9.30. The van der Waals surface area contributed by atoms with Crippen LogP contribution in [0.1, 0.15) is 40.0 Å². The van der Waals surface area contributed by atoms with Crippen LogP contribution in [0.5, 0.6) is 0 Å². The molecule has 0 radical (unpaired) electrons. The number of hydrogen-bond acceptors (Lipinski definition) is 3. The van der Waals surface area contributed by atoms with Gasteiger partial charge in [-0.1, -0.05) is 20.8 Å². The summed E-state index contributed by atoms with van der Waals surface area (Å²) >= 11 is 0. The first-order valence-electron chi connectivity index (χ1n) is 6.79. The second-order valence-corrected chi connectivity index (χ2v) is 11.9. The highest BCUT2D eigenvalue weighted by atomic mass is 28.4. The predicted molar refractivity (Wildman–Crippen MR) is 72.6 cm³/mol. The Hall–Kier alpha value is -0.393. The van der Waals surface area contributed by atoms with Crippen LogP contribution in [0.3, 0.4) is 0 Å². The Bertz CT molecular complexity index is 364. The van der Waals surface area contributed by atoms with Crippen molar-refractivity contribution in [2.24, 2.45) is 0 Å². The van der Waals surface area contributed by atoms with Crippen molar-refractivity contribution in [1.29, 1.82) is 0 Å². The molecular formula is C13H25NO3Si. The van der Waals surface area contributed by atoms with Gasteiger partial charge in [-0.25, -0.2) is 0 Å². The molecule has 1 amide bonds. The lowest BCUT2D eigenvalue weighted by molar-refractivity contribution is -0.145. The van der Waals surface area contributed by atoms with Crippen molar-refractivity contribution in [3.63, 3.8) is 0 Å². The molecular weight excluding hydrogens is 246 g/mol. The second-order valence-electron chi connectivity index (χ2n) is 7.10. The van der Waals surface area contributed by atoms with Crippen molar-refractivity contribution in [1.82, 2.24) is 4.90 Å². The standard InChI is InChI=1S/C13H25NO3Si/c1-12(2,3)18(4,5)17-10-9-11(15)14-8-6-7-13(10,14)16/h10,16H,6-9H2,1-5H3/t10-,13-/m0/s1. The molecule has 18 heavy (non-hydrogen) atoms. The zero-order valence-corrected chi connectivity index (χ0v) is 13.1. The van der Waals surface area contributed by atoms with Crippen LogP contribution in [0.25, 0.3) is 0 Å². The molecule has 0 bridgehead atoms. The number of rotatable bonds is 2. The molecule has 2 rings (SSSR count). The highest BCUT2D eigenvalue weighted by Crippen LogP contribution is 2.44. The van der Waals surface area contributed by atoms with Crippen LogP contribution in [0, 0.1) is 0 Å². The number of nitrogens with zero attached hydrogens (tertiary/aromatic N) is 1. The van der Waals surface area contributed by atoms with E-state index in [-0.39, 0.29) is 17.0 Å². The Balaban J connectivity index is 2.18. The highest BCUT2D eigenvalue weighted by Gasteiger charge is 2.57. The van der Waals surface area contributed by atoms with Gasteiger partial charge < -0.3 is 14.4 Å². The van der Waals surface area contributed by atoms with Crippen molar-refractivity contribution in [3.05, 3.63) is 0 Å². The quantitative estimate of drug-likeness (QED) is 0.782. The molecule has 2 heterocycles. The van der Waals surface area contributed by atoms with Crippen molar-refractivity contribution in [2.45, 2.75) is 70.0 Å². The molecule has 2 aliphatic rings. The maximum absolute atomic E-state index is 11.9. The van der Waals surface area contributed by atoms with Gasteiger partial charge in [0, 0.05) is 6.54 Å². The number of carbonyl (C=O) groups excluding carboxylic acids is 1. The van der Waals surface area contributed by atoms with Crippen molar-refractivity contribution < 1.29 is 14.3 Å². The van der Waals surface area contributed by atoms with E-state index in [1.807, 2.05) is 0 Å². The Morgan fingerprint density at radius 1 is 1.44 bits per heavy atom. The van der Waals surface area contributed by atoms with Gasteiger partial charge in [0.2, 0.25) is 5.91 Å². The summed E-state index contributed by atoms with van der Waals surface area (Å²) in [5, 5.41) is 10.8. The number of amides is 1. The molecule has 0 aromatic rings. The molecule has 104 valence electrons. The van der Waals surface area contributed by atoms with Gasteiger partial charge in [0.1, 0.15) is 6.10 Å². The maximum Gasteiger partial charge on any atom is 0.227 e. The summed E-state index contributed by atoms with van der Waals surface area (Å²) in [6.07, 6.45) is 1.52. The predicted octanol–water partition coefficient (Wildman–Crippen LogP) is 2.09. The normalized spacial score (nSPS) is 33.1. The number of hydrogen-bond donors (Lipinski definition) is 1. The van der Waals surface area contributed by atoms with E-state index >= 15 is 0 Å². The second kappa shape index (κ2) is 4.05. The molecule has 0 aromatic carbocycles. The van der Waals surface area contributed by atoms with Crippen molar-refractivity contribution in [3.8, 4) is 0 Å². The van der Waals surface area contributed by atoms with Gasteiger partial charge in [-0.05, 0) is 31.0 Å². The van der Waals surface area contributed by atoms with Gasteiger partial charge in [0.05, 0.1) is 6.42 Å². The fraction of sp³-hybridized carbons (Fsp3) is 0.923. The molecule has 2 aliphatic heterocycles.